The largest absolute Gasteiger partial charge is 0.508 e. The van der Waals surface area contributed by atoms with Crippen molar-refractivity contribution in [1.82, 2.24) is 84.3 Å². The summed E-state index contributed by atoms with van der Waals surface area (Å²) in [7, 11) is 0. The number of para-hydroxylation sites is 1. The summed E-state index contributed by atoms with van der Waals surface area (Å²) in [4.78, 5) is 303. The van der Waals surface area contributed by atoms with Gasteiger partial charge in [0.05, 0.1) is 18.6 Å². The van der Waals surface area contributed by atoms with Gasteiger partial charge in [0.2, 0.25) is 94.5 Å². The topological polar surface area (TPSA) is 853 Å². The van der Waals surface area contributed by atoms with E-state index in [1.807, 2.05) is 0 Å². The number of hydrogen-bond acceptors (Lipinski definition) is 26. The first-order valence-electron chi connectivity index (χ1n) is 44.7. The average molecular weight is 1950 g/mol. The summed E-state index contributed by atoms with van der Waals surface area (Å²) in [5.41, 5.74) is 23.3. The van der Waals surface area contributed by atoms with E-state index in [0.717, 1.165) is 11.8 Å². The van der Waals surface area contributed by atoms with Crippen molar-refractivity contribution in [3.05, 3.63) is 65.9 Å². The highest BCUT2D eigenvalue weighted by molar-refractivity contribution is 6.02. The van der Waals surface area contributed by atoms with Crippen LogP contribution in [0.4, 0.5) is 0 Å². The number of aromatic nitrogens is 1. The van der Waals surface area contributed by atoms with E-state index in [2.05, 4.69) is 79.4 Å². The Kier molecular flexibility index (Phi) is 48.0. The maximum atomic E-state index is 15.1. The fourth-order valence-electron chi connectivity index (χ4n) is 14.6. The van der Waals surface area contributed by atoms with E-state index in [1.54, 1.807) is 65.8 Å². The number of rotatable bonds is 63. The van der Waals surface area contributed by atoms with Crippen LogP contribution in [-0.4, -0.2) is 297 Å². The highest BCUT2D eigenvalue weighted by Crippen LogP contribution is 2.24. The minimum atomic E-state index is -2.12. The van der Waals surface area contributed by atoms with Gasteiger partial charge in [-0.15, -0.1) is 0 Å². The first kappa shape index (κ1) is 116. The second-order valence-electron chi connectivity index (χ2n) is 34.7. The molecule has 51 heteroatoms. The fraction of sp³-hybridized carbons (Fsp3) is 0.575. The molecule has 16 amide bonds. The molecule has 0 unspecified atom stereocenters. The van der Waals surface area contributed by atoms with Crippen LogP contribution in [0.1, 0.15) is 188 Å². The molecule has 1 saturated heterocycles. The highest BCUT2D eigenvalue weighted by atomic mass is 16.4. The Hall–Kier alpha value is -14.7. The molecule has 32 N–H and O–H groups in total. The number of phenolic OH excluding ortho intramolecular Hbond substituents is 1. The summed E-state index contributed by atoms with van der Waals surface area (Å²) in [5, 5.41) is 121. The first-order valence-corrected chi connectivity index (χ1v) is 44.7. The number of aromatic hydroxyl groups is 1. The molecule has 0 aliphatic carbocycles. The summed E-state index contributed by atoms with van der Waals surface area (Å²) in [6, 6.07) is -14.7. The van der Waals surface area contributed by atoms with Crippen molar-refractivity contribution in [3.63, 3.8) is 0 Å². The van der Waals surface area contributed by atoms with Crippen molar-refractivity contribution in [2.75, 3.05) is 13.1 Å². The van der Waals surface area contributed by atoms with Gasteiger partial charge in [-0.1, -0.05) is 71.9 Å². The molecule has 16 atom stereocenters. The molecule has 2 aromatic carbocycles. The number of benzene rings is 2. The molecule has 0 saturated carbocycles. The van der Waals surface area contributed by atoms with Gasteiger partial charge in [0, 0.05) is 81.6 Å². The van der Waals surface area contributed by atoms with Gasteiger partial charge in [-0.2, -0.15) is 0 Å². The summed E-state index contributed by atoms with van der Waals surface area (Å²) < 4.78 is 0. The minimum absolute atomic E-state index is 0.00668. The van der Waals surface area contributed by atoms with E-state index >= 15 is 4.79 Å². The van der Waals surface area contributed by atoms with Gasteiger partial charge in [0.1, 0.15) is 90.3 Å². The molecule has 0 radical (unpaired) electrons. The third-order valence-corrected chi connectivity index (χ3v) is 21.7. The number of aliphatic carboxylic acids is 6. The number of aromatic amines is 1. The number of nitrogens with zero attached hydrogens (tertiary/aromatic N) is 1. The number of carboxylic acids is 6. The SMILES string of the molecule is CC(C)C[C@H](NC(=O)[C@H](CC(C)C)NC(=O)[C@H](CCC(=O)O)NC(=O)[C@H](CC(C)C)NC(=O)[C@@H](NC(=O)[C@H](Cc1c[nH]c2ccccc12)NC(=O)[C@H](CCC(=O)O)NC(=O)[C@H](CC(N)=O)NC(=O)[C@H](Cc1ccc(O)cc1)NC(=O)[C@@H]1CCCN1C(=O)[C@H](CCC(=O)O)NC(=O)[C@H](CCCNC(=N)N)NC(=O)[C@@H](N)CCC(N)=O)[C@@H](C)O)C(=O)N[C@@H](CCC(=O)O)C(=O)N[C@@H](CCC(=O)O)C(=O)O. The Morgan fingerprint density at radius 2 is 0.797 bits per heavy atom. The van der Waals surface area contributed by atoms with E-state index in [-0.39, 0.29) is 82.2 Å². The molecule has 1 aliphatic rings. The number of primary amides is 2. The van der Waals surface area contributed by atoms with E-state index in [0.29, 0.717) is 16.5 Å². The number of amides is 16. The molecule has 0 bridgehead atoms. The van der Waals surface area contributed by atoms with Crippen molar-refractivity contribution in [2.24, 2.45) is 40.7 Å². The van der Waals surface area contributed by atoms with Gasteiger partial charge >= 0.3 is 35.8 Å². The van der Waals surface area contributed by atoms with Gasteiger partial charge in [0.25, 0.3) is 0 Å². The number of likely N-dealkylation sites (tertiary alicyclic amines) is 1. The van der Waals surface area contributed by atoms with Crippen LogP contribution in [0.25, 0.3) is 10.9 Å². The van der Waals surface area contributed by atoms with Gasteiger partial charge in [0.15, 0.2) is 5.96 Å². The smallest absolute Gasteiger partial charge is 0.326 e. The zero-order valence-electron chi connectivity index (χ0n) is 77.5. The third-order valence-electron chi connectivity index (χ3n) is 21.7. The molecule has 1 aliphatic heterocycles. The Morgan fingerprint density at radius 1 is 0.420 bits per heavy atom. The number of fused-ring (bicyclic) bond motifs is 1. The summed E-state index contributed by atoms with van der Waals surface area (Å²) in [6.07, 6.45) is -11.1. The normalized spacial score (nSPS) is 15.6. The first-order chi connectivity index (χ1) is 64.7. The van der Waals surface area contributed by atoms with E-state index in [9.17, 15) is 136 Å². The molecule has 1 aromatic heterocycles. The number of nitrogens with one attached hydrogen (secondary N) is 16. The molecular formula is C87H129N21O30. The maximum Gasteiger partial charge on any atom is 0.326 e. The molecule has 762 valence electrons. The number of guanidine groups is 1. The van der Waals surface area contributed by atoms with Gasteiger partial charge in [-0.25, -0.2) is 4.79 Å². The van der Waals surface area contributed by atoms with E-state index in [4.69, 9.17) is 33.5 Å². The highest BCUT2D eigenvalue weighted by Gasteiger charge is 2.43. The van der Waals surface area contributed by atoms with Crippen molar-refractivity contribution < 1.29 is 146 Å². The lowest BCUT2D eigenvalue weighted by Gasteiger charge is -2.31. The standard InChI is InChI=1S/C87H129N21O30/c1-41(2)34-57(77(128)96-52(21-27-66(113)114)74(125)100-56(86(137)138)25-31-70(121)122)102-79(130)58(35-42(3)4)101-75(126)53(22-28-67(115)116)97-78(129)59(36-43(5)6)106-84(135)71(44(7)109)107-82(133)61(38-46-40-94-50-13-9-8-12-48(46)50)103-76(127)54(23-29-68(117)118)98-81(132)62(39-65(90)112)104-80(131)60(37-45-16-18-47(110)19-17-45)105-83(134)63-15-11-33-108(63)85(136)55(24-30-69(119)120)99-73(124)51(14-10-32-93-87(91)92)95-72(123)49(88)20-26-64(89)111/h8-9,12-13,16-19,40-44,49,51-63,71,94,109-110H,10-11,14-15,20-39,88H2,1-7H3,(H2,89,111)(H2,90,112)(H,95,123)(H,96,128)(H,97,129)(H,98,132)(H,99,124)(H,100,125)(H,101,126)(H,102,130)(H,103,127)(H,104,131)(H,105,134)(H,106,135)(H,107,133)(H,113,114)(H,115,116)(H,117,118)(H,119,120)(H,121,122)(H,137,138)(H4,91,92,93)/t44-,49+,51+,52+,53+,54+,55+,56+,57+,58+,59+,60+,61+,62+,63+,71+/m1/s1. The predicted molar refractivity (Wildman–Crippen MR) is 485 cm³/mol. The number of carbonyl (C=O) groups is 22. The van der Waals surface area contributed by atoms with Crippen LogP contribution >= 0.6 is 0 Å². The second kappa shape index (κ2) is 57.3. The van der Waals surface area contributed by atoms with E-state index < -0.39 is 334 Å². The zero-order valence-corrected chi connectivity index (χ0v) is 77.5. The number of aliphatic hydroxyl groups is 1. The minimum Gasteiger partial charge on any atom is -0.508 e. The van der Waals surface area contributed by atoms with Gasteiger partial charge in [-0.05, 0) is 137 Å². The van der Waals surface area contributed by atoms with Crippen molar-refractivity contribution >= 4 is 147 Å². The van der Waals surface area contributed by atoms with Crippen molar-refractivity contribution in [3.8, 4) is 5.75 Å². The Labute approximate surface area is 791 Å². The number of carbonyl (C=O) groups excluding carboxylic acids is 16. The molecule has 51 nitrogen and oxygen atoms in total. The lowest BCUT2D eigenvalue weighted by atomic mass is 9.98. The second-order valence-corrected chi connectivity index (χ2v) is 34.7. The van der Waals surface area contributed by atoms with Crippen molar-refractivity contribution in [2.45, 2.75) is 286 Å². The third kappa shape index (κ3) is 41.3. The average Bonchev–Trinajstić information content (AvgIpc) is 1.66. The Bertz CT molecular complexity index is 4830. The number of nitrogens with two attached hydrogens (primary N) is 4. The van der Waals surface area contributed by atoms with Gasteiger partial charge < -0.3 is 148 Å². The molecular weight excluding hydrogens is 1820 g/mol. The number of carboxylic acid groups (broad SMARTS) is 6. The zero-order chi connectivity index (χ0) is 104. The van der Waals surface area contributed by atoms with Crippen LogP contribution in [0.15, 0.2) is 54.7 Å². The van der Waals surface area contributed by atoms with E-state index in [1.165, 1.54) is 30.5 Å². The van der Waals surface area contributed by atoms with Crippen LogP contribution in [0, 0.1) is 23.2 Å². The number of aliphatic hydroxyl groups excluding tert-OH is 1. The number of H-pyrrole nitrogens is 1. The Balaban J connectivity index is 1.70. The molecule has 2 heterocycles. The van der Waals surface area contributed by atoms with Crippen LogP contribution in [0.5, 0.6) is 5.75 Å². The number of hydrogen-bond donors (Lipinski definition) is 28. The van der Waals surface area contributed by atoms with Crippen LogP contribution in [0.3, 0.4) is 0 Å². The Morgan fingerprint density at radius 3 is 1.24 bits per heavy atom. The quantitative estimate of drug-likeness (QED) is 0.0142. The van der Waals surface area contributed by atoms with Crippen LogP contribution < -0.4 is 97.4 Å². The van der Waals surface area contributed by atoms with Crippen molar-refractivity contribution in [1.29, 1.82) is 5.41 Å². The monoisotopic (exact) mass is 1950 g/mol. The van der Waals surface area contributed by atoms with Crippen LogP contribution in [0.2, 0.25) is 0 Å². The van der Waals surface area contributed by atoms with Gasteiger partial charge in [-0.3, -0.25) is 106 Å². The summed E-state index contributed by atoms with van der Waals surface area (Å²) in [6.45, 7) is 10.6. The lowest BCUT2D eigenvalue weighted by molar-refractivity contribution is -0.144. The fourth-order valence-corrected chi connectivity index (χ4v) is 14.6. The maximum absolute atomic E-state index is 15.1. The molecule has 138 heavy (non-hydrogen) atoms. The summed E-state index contributed by atoms with van der Waals surface area (Å²) >= 11 is 0. The lowest BCUT2D eigenvalue weighted by Crippen LogP contribution is -2.62. The molecule has 1 fully saturated rings. The molecule has 3 aromatic rings. The predicted octanol–water partition coefficient (Wildman–Crippen LogP) is -5.39. The van der Waals surface area contributed by atoms with Crippen LogP contribution in [-0.2, 0) is 118 Å². The summed E-state index contributed by atoms with van der Waals surface area (Å²) in [5.74, 6) is -29.4. The number of phenols is 1. The molecule has 4 rings (SSSR count). The molecule has 0 spiro atoms.